The molecule has 1 amide bonds. The molecule has 1 aliphatic heterocycles. The Hall–Kier alpha value is -2.36. The van der Waals surface area contributed by atoms with Crippen LogP contribution in [-0.2, 0) is 11.2 Å². The topological polar surface area (TPSA) is 45.2 Å². The van der Waals surface area contributed by atoms with Crippen molar-refractivity contribution in [2.75, 3.05) is 16.8 Å². The van der Waals surface area contributed by atoms with Crippen LogP contribution < -0.4 is 10.2 Å². The van der Waals surface area contributed by atoms with Crippen LogP contribution in [0.5, 0.6) is 0 Å². The average Bonchev–Trinajstić information content (AvgIpc) is 2.84. The summed E-state index contributed by atoms with van der Waals surface area (Å²) in [5.74, 6) is 0. The number of amides is 1. The van der Waals surface area contributed by atoms with E-state index in [1.54, 1.807) is 17.3 Å². The number of carbonyl (C=O) groups is 1. The lowest BCUT2D eigenvalue weighted by Crippen LogP contribution is -2.17. The first-order valence-electron chi connectivity index (χ1n) is 5.89. The van der Waals surface area contributed by atoms with Gasteiger partial charge in [0.15, 0.2) is 0 Å². The summed E-state index contributed by atoms with van der Waals surface area (Å²) in [7, 11) is 0. The maximum Gasteiger partial charge on any atom is 0.214 e. The maximum absolute atomic E-state index is 10.9. The number of carbonyl (C=O) groups excluding carboxylic acids is 1. The van der Waals surface area contributed by atoms with Gasteiger partial charge < -0.3 is 10.2 Å². The summed E-state index contributed by atoms with van der Waals surface area (Å²) in [4.78, 5) is 16.7. The molecule has 18 heavy (non-hydrogen) atoms. The predicted octanol–water partition coefficient (Wildman–Crippen LogP) is 2.34. The van der Waals surface area contributed by atoms with E-state index in [0.29, 0.717) is 0 Å². The van der Waals surface area contributed by atoms with Crippen molar-refractivity contribution in [3.05, 3.63) is 48.3 Å². The van der Waals surface area contributed by atoms with Crippen molar-refractivity contribution >= 4 is 23.5 Å². The molecule has 0 spiro atoms. The molecule has 1 N–H and O–H groups in total. The molecule has 1 aliphatic rings. The third-order valence-corrected chi connectivity index (χ3v) is 3.15. The Morgan fingerprint density at radius 1 is 1.22 bits per heavy atom. The Kier molecular flexibility index (Phi) is 2.68. The Balaban J connectivity index is 1.95. The first-order valence-corrected chi connectivity index (χ1v) is 5.89. The van der Waals surface area contributed by atoms with Crippen molar-refractivity contribution in [1.29, 1.82) is 0 Å². The smallest absolute Gasteiger partial charge is 0.214 e. The van der Waals surface area contributed by atoms with Gasteiger partial charge in [0.25, 0.3) is 0 Å². The minimum atomic E-state index is 0.758. The van der Waals surface area contributed by atoms with E-state index in [2.05, 4.69) is 10.3 Å². The lowest BCUT2D eigenvalue weighted by atomic mass is 10.1. The van der Waals surface area contributed by atoms with Gasteiger partial charge in [0.2, 0.25) is 6.41 Å². The van der Waals surface area contributed by atoms with Gasteiger partial charge in [-0.2, -0.15) is 0 Å². The fourth-order valence-corrected chi connectivity index (χ4v) is 2.28. The highest BCUT2D eigenvalue weighted by Crippen LogP contribution is 2.34. The number of rotatable bonds is 3. The minimum absolute atomic E-state index is 0.758. The van der Waals surface area contributed by atoms with Crippen LogP contribution in [0.15, 0.2) is 42.7 Å². The summed E-state index contributed by atoms with van der Waals surface area (Å²) in [6.45, 7) is 0.758. The summed E-state index contributed by atoms with van der Waals surface area (Å²) in [5, 5.41) is 3.37. The van der Waals surface area contributed by atoms with Crippen LogP contribution in [0, 0.1) is 0 Å². The average molecular weight is 239 g/mol. The number of anilines is 3. The van der Waals surface area contributed by atoms with Crippen LogP contribution in [0.4, 0.5) is 17.1 Å². The van der Waals surface area contributed by atoms with Gasteiger partial charge in [0.05, 0.1) is 0 Å². The zero-order chi connectivity index (χ0) is 12.4. The van der Waals surface area contributed by atoms with Crippen molar-refractivity contribution in [3.63, 3.8) is 0 Å². The van der Waals surface area contributed by atoms with Gasteiger partial charge in [-0.15, -0.1) is 0 Å². The van der Waals surface area contributed by atoms with Crippen LogP contribution in [0.3, 0.4) is 0 Å². The molecular weight excluding hydrogens is 226 g/mol. The van der Waals surface area contributed by atoms with E-state index in [-0.39, 0.29) is 0 Å². The van der Waals surface area contributed by atoms with E-state index in [1.165, 1.54) is 5.56 Å². The molecule has 4 heteroatoms. The van der Waals surface area contributed by atoms with Crippen molar-refractivity contribution < 1.29 is 4.79 Å². The largest absolute Gasteiger partial charge is 0.355 e. The summed E-state index contributed by atoms with van der Waals surface area (Å²) >= 11 is 0. The second kappa shape index (κ2) is 4.49. The minimum Gasteiger partial charge on any atom is -0.355 e. The normalized spacial score (nSPS) is 13.2. The van der Waals surface area contributed by atoms with E-state index >= 15 is 0 Å². The van der Waals surface area contributed by atoms with E-state index < -0.39 is 0 Å². The maximum atomic E-state index is 10.9. The van der Waals surface area contributed by atoms with Gasteiger partial charge >= 0.3 is 0 Å². The van der Waals surface area contributed by atoms with Crippen LogP contribution >= 0.6 is 0 Å². The van der Waals surface area contributed by atoms with Gasteiger partial charge in [-0.1, -0.05) is 6.07 Å². The first kappa shape index (κ1) is 10.8. The standard InChI is InChI=1S/C14H13N3O/c18-10-17-9-6-12-13(2-1-3-14(12)17)16-11-4-7-15-8-5-11/h1-5,7-8,10H,6,9H2,(H,15,16). The van der Waals surface area contributed by atoms with Crippen molar-refractivity contribution in [1.82, 2.24) is 4.98 Å². The number of pyridine rings is 1. The molecule has 0 saturated carbocycles. The summed E-state index contributed by atoms with van der Waals surface area (Å²) in [6.07, 6.45) is 5.29. The van der Waals surface area contributed by atoms with Gasteiger partial charge in [0.1, 0.15) is 0 Å². The monoisotopic (exact) mass is 239 g/mol. The van der Waals surface area contributed by atoms with Gasteiger partial charge in [-0.3, -0.25) is 9.78 Å². The quantitative estimate of drug-likeness (QED) is 0.836. The number of nitrogens with zero attached hydrogens (tertiary/aromatic N) is 2. The molecule has 0 unspecified atom stereocenters. The highest BCUT2D eigenvalue weighted by molar-refractivity contribution is 5.84. The SMILES string of the molecule is O=CN1CCc2c(Nc3ccncc3)cccc21. The van der Waals surface area contributed by atoms with Gasteiger partial charge in [0, 0.05) is 41.6 Å². The molecule has 2 aromatic rings. The third kappa shape index (κ3) is 1.82. The predicted molar refractivity (Wildman–Crippen MR) is 71.1 cm³/mol. The molecule has 2 heterocycles. The number of nitrogens with one attached hydrogen (secondary N) is 1. The molecular formula is C14H13N3O. The van der Waals surface area contributed by atoms with Gasteiger partial charge in [-0.25, -0.2) is 0 Å². The Morgan fingerprint density at radius 3 is 2.83 bits per heavy atom. The van der Waals surface area contributed by atoms with Crippen LogP contribution in [-0.4, -0.2) is 17.9 Å². The second-order valence-corrected chi connectivity index (χ2v) is 4.21. The van der Waals surface area contributed by atoms with Crippen molar-refractivity contribution in [2.45, 2.75) is 6.42 Å². The number of hydrogen-bond acceptors (Lipinski definition) is 3. The molecule has 0 fully saturated rings. The lowest BCUT2D eigenvalue weighted by molar-refractivity contribution is -0.107. The molecule has 1 aromatic heterocycles. The number of fused-ring (bicyclic) bond motifs is 1. The van der Waals surface area contributed by atoms with Crippen molar-refractivity contribution in [2.24, 2.45) is 0 Å². The number of hydrogen-bond donors (Lipinski definition) is 1. The highest BCUT2D eigenvalue weighted by Gasteiger charge is 2.20. The molecule has 3 rings (SSSR count). The van der Waals surface area contributed by atoms with Crippen molar-refractivity contribution in [3.8, 4) is 0 Å². The summed E-state index contributed by atoms with van der Waals surface area (Å²) in [6, 6.07) is 9.82. The molecule has 0 bridgehead atoms. The van der Waals surface area contributed by atoms with E-state index in [4.69, 9.17) is 0 Å². The fourth-order valence-electron chi connectivity index (χ4n) is 2.28. The number of benzene rings is 1. The Labute approximate surface area is 105 Å². The van der Waals surface area contributed by atoms with E-state index in [0.717, 1.165) is 36.4 Å². The zero-order valence-corrected chi connectivity index (χ0v) is 9.84. The fraction of sp³-hybridized carbons (Fsp3) is 0.143. The number of aromatic nitrogens is 1. The van der Waals surface area contributed by atoms with Crippen LogP contribution in [0.2, 0.25) is 0 Å². The molecule has 0 aliphatic carbocycles. The highest BCUT2D eigenvalue weighted by atomic mass is 16.1. The Bertz CT molecular complexity index is 569. The molecule has 0 radical (unpaired) electrons. The van der Waals surface area contributed by atoms with E-state index in [1.807, 2.05) is 30.3 Å². The lowest BCUT2D eigenvalue weighted by Gasteiger charge is -2.13. The van der Waals surface area contributed by atoms with Crippen LogP contribution in [0.25, 0.3) is 0 Å². The first-order chi connectivity index (χ1) is 8.88. The Morgan fingerprint density at radius 2 is 2.06 bits per heavy atom. The molecule has 1 aromatic carbocycles. The second-order valence-electron chi connectivity index (χ2n) is 4.21. The summed E-state index contributed by atoms with van der Waals surface area (Å²) < 4.78 is 0. The van der Waals surface area contributed by atoms with E-state index in [9.17, 15) is 4.79 Å². The van der Waals surface area contributed by atoms with Crippen LogP contribution in [0.1, 0.15) is 5.56 Å². The van der Waals surface area contributed by atoms with Gasteiger partial charge in [-0.05, 0) is 30.7 Å². The molecule has 90 valence electrons. The molecule has 0 atom stereocenters. The molecule has 4 nitrogen and oxygen atoms in total. The zero-order valence-electron chi connectivity index (χ0n) is 9.84. The summed E-state index contributed by atoms with van der Waals surface area (Å²) in [5.41, 5.74) is 4.26. The molecule has 0 saturated heterocycles. The third-order valence-electron chi connectivity index (χ3n) is 3.15.